The van der Waals surface area contributed by atoms with Gasteiger partial charge >= 0.3 is 0 Å². The van der Waals surface area contributed by atoms with Gasteiger partial charge in [-0.1, -0.05) is 0 Å². The van der Waals surface area contributed by atoms with Crippen molar-refractivity contribution in [2.45, 2.75) is 0 Å². The Kier molecular flexibility index (Phi) is 2.53. The van der Waals surface area contributed by atoms with Crippen LogP contribution in [0.25, 0.3) is 16.8 Å². The van der Waals surface area contributed by atoms with Crippen molar-refractivity contribution in [1.29, 1.82) is 0 Å². The molecule has 2 heterocycles. The summed E-state index contributed by atoms with van der Waals surface area (Å²) in [5.41, 5.74) is 2.54. The van der Waals surface area contributed by atoms with Gasteiger partial charge in [0.25, 0.3) is 0 Å². The van der Waals surface area contributed by atoms with E-state index in [0.717, 1.165) is 35.2 Å². The first kappa shape index (κ1) is 10.3. The largest absolute Gasteiger partial charge is 0.496 e. The summed E-state index contributed by atoms with van der Waals surface area (Å²) >= 11 is 0. The number of nitrogens with zero attached hydrogens (tertiary/aromatic N) is 1. The Balaban J connectivity index is 2.14. The molecular formula is C14H14N2O. The molecule has 86 valence electrons. The van der Waals surface area contributed by atoms with Crippen LogP contribution in [0.1, 0.15) is 5.56 Å². The average Bonchev–Trinajstić information content (AvgIpc) is 2.32. The summed E-state index contributed by atoms with van der Waals surface area (Å²) in [6, 6.07) is 6.20. The minimum Gasteiger partial charge on any atom is -0.496 e. The van der Waals surface area contributed by atoms with Crippen molar-refractivity contribution in [2.75, 3.05) is 20.2 Å². The first-order valence-corrected chi connectivity index (χ1v) is 5.69. The molecule has 1 aromatic carbocycles. The lowest BCUT2D eigenvalue weighted by atomic mass is 10.0. The second-order valence-electron chi connectivity index (χ2n) is 4.22. The van der Waals surface area contributed by atoms with Crippen molar-refractivity contribution >= 4 is 16.8 Å². The third kappa shape index (κ3) is 1.89. The van der Waals surface area contributed by atoms with Crippen molar-refractivity contribution in [3.05, 3.63) is 41.7 Å². The van der Waals surface area contributed by atoms with Gasteiger partial charge in [-0.3, -0.25) is 4.98 Å². The summed E-state index contributed by atoms with van der Waals surface area (Å²) < 4.78 is 5.44. The molecule has 1 N–H and O–H groups in total. The van der Waals surface area contributed by atoms with E-state index in [9.17, 15) is 0 Å². The number of hydrogen-bond donors (Lipinski definition) is 1. The van der Waals surface area contributed by atoms with Gasteiger partial charge in [-0.15, -0.1) is 0 Å². The molecule has 0 spiro atoms. The van der Waals surface area contributed by atoms with E-state index >= 15 is 0 Å². The number of fused-ring (bicyclic) bond motifs is 1. The van der Waals surface area contributed by atoms with Gasteiger partial charge in [-0.2, -0.15) is 0 Å². The summed E-state index contributed by atoms with van der Waals surface area (Å²) in [6.07, 6.45) is 5.88. The maximum Gasteiger partial charge on any atom is 0.126 e. The summed E-state index contributed by atoms with van der Waals surface area (Å²) in [5.74, 6) is 0.920. The van der Waals surface area contributed by atoms with Crippen LogP contribution in [0.5, 0.6) is 5.75 Å². The van der Waals surface area contributed by atoms with E-state index in [1.54, 1.807) is 13.3 Å². The molecule has 0 unspecified atom stereocenters. The van der Waals surface area contributed by atoms with Crippen LogP contribution in [0.2, 0.25) is 0 Å². The fraction of sp³-hybridized carbons (Fsp3) is 0.214. The van der Waals surface area contributed by atoms with Gasteiger partial charge in [-0.25, -0.2) is 0 Å². The molecule has 1 saturated heterocycles. The van der Waals surface area contributed by atoms with Crippen LogP contribution in [0.4, 0.5) is 0 Å². The molecule has 3 rings (SSSR count). The Morgan fingerprint density at radius 3 is 2.88 bits per heavy atom. The topological polar surface area (TPSA) is 34.1 Å². The van der Waals surface area contributed by atoms with E-state index in [0.29, 0.717) is 0 Å². The van der Waals surface area contributed by atoms with Crippen molar-refractivity contribution in [3.8, 4) is 5.75 Å². The zero-order valence-corrected chi connectivity index (χ0v) is 9.73. The predicted octanol–water partition coefficient (Wildman–Crippen LogP) is 2.23. The zero-order chi connectivity index (χ0) is 11.7. The fourth-order valence-corrected chi connectivity index (χ4v) is 2.01. The van der Waals surface area contributed by atoms with Crippen LogP contribution in [0.15, 0.2) is 36.2 Å². The van der Waals surface area contributed by atoms with Gasteiger partial charge in [0, 0.05) is 36.4 Å². The molecule has 2 aromatic rings. The van der Waals surface area contributed by atoms with Crippen LogP contribution in [-0.4, -0.2) is 25.2 Å². The lowest BCUT2D eigenvalue weighted by molar-refractivity contribution is 0.414. The van der Waals surface area contributed by atoms with E-state index in [1.807, 2.05) is 12.3 Å². The molecule has 17 heavy (non-hydrogen) atoms. The van der Waals surface area contributed by atoms with Crippen molar-refractivity contribution < 1.29 is 4.74 Å². The van der Waals surface area contributed by atoms with E-state index in [4.69, 9.17) is 4.74 Å². The molecule has 0 radical (unpaired) electrons. The van der Waals surface area contributed by atoms with Gasteiger partial charge in [0.15, 0.2) is 0 Å². The quantitative estimate of drug-likeness (QED) is 0.852. The molecule has 3 heteroatoms. The van der Waals surface area contributed by atoms with E-state index in [-0.39, 0.29) is 0 Å². The monoisotopic (exact) mass is 226 g/mol. The highest BCUT2D eigenvalue weighted by Crippen LogP contribution is 2.27. The molecule has 1 aliphatic heterocycles. The lowest BCUT2D eigenvalue weighted by Gasteiger charge is -2.19. The normalized spacial score (nSPS) is 14.5. The smallest absolute Gasteiger partial charge is 0.126 e. The van der Waals surface area contributed by atoms with Gasteiger partial charge in [0.1, 0.15) is 5.75 Å². The zero-order valence-electron chi connectivity index (χ0n) is 9.73. The summed E-state index contributed by atoms with van der Waals surface area (Å²) in [4.78, 5) is 4.15. The molecule has 0 aliphatic carbocycles. The molecule has 3 nitrogen and oxygen atoms in total. The SMILES string of the molecule is COc1cc2ccncc2cc1C=C1CNC1. The highest BCUT2D eigenvalue weighted by Gasteiger charge is 2.09. The lowest BCUT2D eigenvalue weighted by Crippen LogP contribution is -2.33. The minimum absolute atomic E-state index is 0.920. The predicted molar refractivity (Wildman–Crippen MR) is 69.1 cm³/mol. The summed E-state index contributed by atoms with van der Waals surface area (Å²) in [7, 11) is 1.71. The number of nitrogens with one attached hydrogen (secondary N) is 1. The highest BCUT2D eigenvalue weighted by atomic mass is 16.5. The Bertz CT molecular complexity index is 584. The maximum atomic E-state index is 5.44. The van der Waals surface area contributed by atoms with E-state index in [2.05, 4.69) is 28.5 Å². The molecule has 1 aromatic heterocycles. The Hall–Kier alpha value is -1.87. The van der Waals surface area contributed by atoms with Crippen LogP contribution in [-0.2, 0) is 0 Å². The molecular weight excluding hydrogens is 212 g/mol. The van der Waals surface area contributed by atoms with Crippen LogP contribution < -0.4 is 10.1 Å². The van der Waals surface area contributed by atoms with Gasteiger partial charge in [0.2, 0.25) is 0 Å². The van der Waals surface area contributed by atoms with Crippen molar-refractivity contribution in [3.63, 3.8) is 0 Å². The standard InChI is InChI=1S/C14H14N2O/c1-17-14-6-11-2-3-15-9-13(11)5-12(14)4-10-7-16-8-10/h2-6,9,16H,7-8H2,1H3. The Morgan fingerprint density at radius 2 is 2.18 bits per heavy atom. The second kappa shape index (κ2) is 4.18. The first-order valence-electron chi connectivity index (χ1n) is 5.69. The number of aromatic nitrogens is 1. The first-order chi connectivity index (χ1) is 8.36. The van der Waals surface area contributed by atoms with Crippen LogP contribution in [0, 0.1) is 0 Å². The van der Waals surface area contributed by atoms with E-state index in [1.165, 1.54) is 5.57 Å². The number of pyridine rings is 1. The molecule has 0 bridgehead atoms. The third-order valence-corrected chi connectivity index (χ3v) is 3.05. The molecule has 1 aliphatic rings. The Labute approximate surface area is 100 Å². The number of rotatable bonds is 2. The average molecular weight is 226 g/mol. The minimum atomic E-state index is 0.920. The summed E-state index contributed by atoms with van der Waals surface area (Å²) in [6.45, 7) is 1.96. The van der Waals surface area contributed by atoms with Crippen LogP contribution in [0.3, 0.4) is 0 Å². The second-order valence-corrected chi connectivity index (χ2v) is 4.22. The Morgan fingerprint density at radius 1 is 1.29 bits per heavy atom. The van der Waals surface area contributed by atoms with Crippen molar-refractivity contribution in [2.24, 2.45) is 0 Å². The van der Waals surface area contributed by atoms with Gasteiger partial charge < -0.3 is 10.1 Å². The fourth-order valence-electron chi connectivity index (χ4n) is 2.01. The van der Waals surface area contributed by atoms with Crippen LogP contribution >= 0.6 is 0 Å². The number of methoxy groups -OCH3 is 1. The number of benzene rings is 1. The van der Waals surface area contributed by atoms with Gasteiger partial charge in [0.05, 0.1) is 7.11 Å². The highest BCUT2D eigenvalue weighted by molar-refractivity contribution is 5.86. The van der Waals surface area contributed by atoms with Crippen molar-refractivity contribution in [1.82, 2.24) is 10.3 Å². The molecule has 0 saturated carbocycles. The maximum absolute atomic E-state index is 5.44. The van der Waals surface area contributed by atoms with Gasteiger partial charge in [-0.05, 0) is 35.2 Å². The number of ether oxygens (including phenoxy) is 1. The van der Waals surface area contributed by atoms with E-state index < -0.39 is 0 Å². The molecule has 0 amide bonds. The summed E-state index contributed by atoms with van der Waals surface area (Å²) in [5, 5.41) is 5.54. The third-order valence-electron chi connectivity index (χ3n) is 3.05. The molecule has 1 fully saturated rings. The number of hydrogen-bond acceptors (Lipinski definition) is 3. The molecule has 0 atom stereocenters.